The van der Waals surface area contributed by atoms with Gasteiger partial charge in [-0.05, 0) is 30.7 Å². The van der Waals surface area contributed by atoms with Gasteiger partial charge in [0.05, 0.1) is 5.69 Å². The van der Waals surface area contributed by atoms with Gasteiger partial charge in [-0.3, -0.25) is 4.98 Å². The molecule has 1 aromatic heterocycles. The number of hydrogen-bond donors (Lipinski definition) is 0. The minimum Gasteiger partial charge on any atom is -0.487 e. The molecule has 0 radical (unpaired) electrons. The molecule has 2 rings (SSSR count). The molecule has 2 nitrogen and oxygen atoms in total. The summed E-state index contributed by atoms with van der Waals surface area (Å²) in [6.07, 6.45) is 1.64. The van der Waals surface area contributed by atoms with Crippen molar-refractivity contribution in [3.63, 3.8) is 0 Å². The summed E-state index contributed by atoms with van der Waals surface area (Å²) in [6, 6.07) is 8.91. The van der Waals surface area contributed by atoms with E-state index in [4.69, 9.17) is 4.74 Å². The molecule has 0 aliphatic rings. The van der Waals surface area contributed by atoms with E-state index in [-0.39, 0.29) is 6.61 Å². The topological polar surface area (TPSA) is 22.1 Å². The van der Waals surface area contributed by atoms with Gasteiger partial charge in [-0.1, -0.05) is 18.2 Å². The maximum atomic E-state index is 12.6. The van der Waals surface area contributed by atoms with Crippen molar-refractivity contribution >= 4 is 12.4 Å². The second-order valence-electron chi connectivity index (χ2n) is 4.21. The van der Waals surface area contributed by atoms with Crippen molar-refractivity contribution < 1.29 is 17.7 Å². The van der Waals surface area contributed by atoms with Gasteiger partial charge in [0, 0.05) is 6.20 Å². The number of hydrogen-bond acceptors (Lipinski definition) is 2. The van der Waals surface area contributed by atoms with E-state index in [1.54, 1.807) is 25.3 Å². The molecule has 1 heterocycles. The van der Waals surface area contributed by atoms with Crippen molar-refractivity contribution in [3.8, 4) is 5.75 Å². The zero-order chi connectivity index (χ0) is 13.9. The monoisotopic (exact) mass is 266 g/mol. The molecule has 0 unspecified atom stereocenters. The Labute approximate surface area is 109 Å². The number of ether oxygens (including phenoxy) is 1. The molecule has 1 aromatic carbocycles. The van der Waals surface area contributed by atoms with Gasteiger partial charge in [-0.25, -0.2) is 0 Å². The second kappa shape index (κ2) is 5.34. The summed E-state index contributed by atoms with van der Waals surface area (Å²) in [6.45, 7) is -3.13. The number of halogens is 3. The molecule has 0 atom stereocenters. The minimum absolute atomic E-state index is 0.234. The number of benzene rings is 1. The molecule has 2 aromatic rings. The number of aryl methyl sites for hydroxylation is 1. The highest BCUT2D eigenvalue weighted by molar-refractivity contribution is 6.73. The molecule has 0 bridgehead atoms. The third-order valence-electron chi connectivity index (χ3n) is 2.68. The van der Waals surface area contributed by atoms with Crippen LogP contribution in [0.3, 0.4) is 0 Å². The van der Waals surface area contributed by atoms with Crippen molar-refractivity contribution in [2.24, 2.45) is 0 Å². The Morgan fingerprint density at radius 1 is 1.16 bits per heavy atom. The summed E-state index contributed by atoms with van der Waals surface area (Å²) in [5.74, 6) is 0.439. The summed E-state index contributed by atoms with van der Waals surface area (Å²) < 4.78 is 43.2. The van der Waals surface area contributed by atoms with Crippen LogP contribution < -0.4 is 10.2 Å². The molecule has 0 saturated heterocycles. The molecule has 6 heteroatoms. The van der Waals surface area contributed by atoms with Gasteiger partial charge in [0.15, 0.2) is 0 Å². The first-order valence-electron chi connectivity index (χ1n) is 5.80. The van der Waals surface area contributed by atoms with Crippen LogP contribution in [0.4, 0.5) is 12.9 Å². The number of nitrogens with zero attached hydrogens (tertiary/aromatic N) is 1. The van der Waals surface area contributed by atoms with Crippen molar-refractivity contribution in [2.45, 2.75) is 13.5 Å². The fourth-order valence-corrected chi connectivity index (χ4v) is 1.67. The van der Waals surface area contributed by atoms with Gasteiger partial charge in [0.1, 0.15) is 12.4 Å². The number of pyridine rings is 1. The van der Waals surface area contributed by atoms with E-state index in [1.807, 2.05) is 6.07 Å². The van der Waals surface area contributed by atoms with Crippen molar-refractivity contribution in [1.82, 2.24) is 4.98 Å². The highest BCUT2D eigenvalue weighted by Gasteiger charge is 2.25. The van der Waals surface area contributed by atoms with E-state index < -0.39 is 12.4 Å². The smallest absolute Gasteiger partial charge is 0.487 e. The zero-order valence-electron chi connectivity index (χ0n) is 10.3. The lowest BCUT2D eigenvalue weighted by molar-refractivity contribution is 0.299. The van der Waals surface area contributed by atoms with Gasteiger partial charge < -0.3 is 17.7 Å². The third-order valence-corrected chi connectivity index (χ3v) is 2.68. The fraction of sp³-hybridized carbons (Fsp3) is 0.154. The van der Waals surface area contributed by atoms with Crippen molar-refractivity contribution in [1.29, 1.82) is 0 Å². The predicted molar refractivity (Wildman–Crippen MR) is 68.5 cm³/mol. The first-order valence-corrected chi connectivity index (χ1v) is 5.80. The van der Waals surface area contributed by atoms with Gasteiger partial charge in [-0.15, -0.1) is 5.46 Å². The first-order chi connectivity index (χ1) is 8.97. The van der Waals surface area contributed by atoms with E-state index >= 15 is 0 Å². The Bertz CT molecular complexity index is 558. The Balaban J connectivity index is 2.10. The largest absolute Gasteiger partial charge is 0.509 e. The molecule has 100 valence electrons. The molecule has 0 amide bonds. The maximum Gasteiger partial charge on any atom is 0.509 e. The Kier molecular flexibility index (Phi) is 3.78. The molecule has 0 aliphatic carbocycles. The van der Waals surface area contributed by atoms with Crippen LogP contribution in [0.1, 0.15) is 11.3 Å². The van der Waals surface area contributed by atoms with E-state index in [9.17, 15) is 12.9 Å². The molecular weight excluding hydrogens is 254 g/mol. The van der Waals surface area contributed by atoms with E-state index in [0.717, 1.165) is 17.8 Å². The highest BCUT2D eigenvalue weighted by atomic mass is 19.4. The van der Waals surface area contributed by atoms with Gasteiger partial charge in [-0.2, -0.15) is 0 Å². The van der Waals surface area contributed by atoms with Crippen LogP contribution in [0.5, 0.6) is 5.75 Å². The quantitative estimate of drug-likeness (QED) is 0.793. The Morgan fingerprint density at radius 2 is 1.95 bits per heavy atom. The second-order valence-corrected chi connectivity index (χ2v) is 4.21. The lowest BCUT2D eigenvalue weighted by Crippen LogP contribution is -2.34. The maximum absolute atomic E-state index is 12.6. The molecule has 0 aliphatic heterocycles. The van der Waals surface area contributed by atoms with Gasteiger partial charge >= 0.3 is 6.98 Å². The van der Waals surface area contributed by atoms with E-state index in [2.05, 4.69) is 4.98 Å². The minimum atomic E-state index is -4.97. The molecular formula is C13H12BF3NO-. The van der Waals surface area contributed by atoms with Crippen LogP contribution in [0.2, 0.25) is 0 Å². The average Bonchev–Trinajstić information content (AvgIpc) is 2.37. The molecule has 19 heavy (non-hydrogen) atoms. The molecule has 0 N–H and O–H groups in total. The Morgan fingerprint density at radius 3 is 2.53 bits per heavy atom. The average molecular weight is 266 g/mol. The van der Waals surface area contributed by atoms with Crippen LogP contribution in [-0.4, -0.2) is 12.0 Å². The number of aromatic nitrogens is 1. The van der Waals surface area contributed by atoms with E-state index in [1.165, 1.54) is 6.07 Å². The van der Waals surface area contributed by atoms with Crippen molar-refractivity contribution in [2.75, 3.05) is 0 Å². The zero-order valence-corrected chi connectivity index (χ0v) is 10.3. The third kappa shape index (κ3) is 3.50. The predicted octanol–water partition coefficient (Wildman–Crippen LogP) is 3.02. The van der Waals surface area contributed by atoms with Crippen LogP contribution in [0.25, 0.3) is 0 Å². The summed E-state index contributed by atoms with van der Waals surface area (Å²) in [4.78, 5) is 4.08. The van der Waals surface area contributed by atoms with Crippen LogP contribution >= 0.6 is 0 Å². The lowest BCUT2D eigenvalue weighted by Gasteiger charge is -2.17. The number of rotatable bonds is 4. The van der Waals surface area contributed by atoms with Gasteiger partial charge in [0.2, 0.25) is 0 Å². The summed E-state index contributed by atoms with van der Waals surface area (Å²) in [7, 11) is 0. The first kappa shape index (κ1) is 13.5. The highest BCUT2D eigenvalue weighted by Crippen LogP contribution is 2.19. The van der Waals surface area contributed by atoms with E-state index in [0.29, 0.717) is 11.3 Å². The summed E-state index contributed by atoms with van der Waals surface area (Å²) in [5, 5.41) is 0. The molecule has 0 saturated carbocycles. The van der Waals surface area contributed by atoms with Crippen molar-refractivity contribution in [3.05, 3.63) is 53.9 Å². The molecule has 0 spiro atoms. The normalized spacial score (nSPS) is 11.4. The lowest BCUT2D eigenvalue weighted by atomic mass is 9.79. The van der Waals surface area contributed by atoms with Crippen LogP contribution in [0.15, 0.2) is 42.6 Å². The standard InChI is InChI=1S/C13H12BF3NO/c1-10-8-11(14(15,16)17)5-6-13(10)19-9-12-4-2-3-7-18-12/h2-8H,9H2,1H3/q-1. The summed E-state index contributed by atoms with van der Waals surface area (Å²) >= 11 is 0. The Hall–Kier alpha value is -1.98. The van der Waals surface area contributed by atoms with Crippen LogP contribution in [0, 0.1) is 6.92 Å². The summed E-state index contributed by atoms with van der Waals surface area (Å²) in [5.41, 5.74) is 0.585. The molecule has 0 fully saturated rings. The fourth-order valence-electron chi connectivity index (χ4n) is 1.67. The van der Waals surface area contributed by atoms with Gasteiger partial charge in [0.25, 0.3) is 0 Å². The SMILES string of the molecule is Cc1cc([B-](F)(F)F)ccc1OCc1ccccn1. The van der Waals surface area contributed by atoms with Crippen LogP contribution in [-0.2, 0) is 6.61 Å².